The standard InChI is InChI=1S/C11H13IN4S/c1-3-4-7-8(12)9(13)16-10(15-7)11-14-6(2)5-17-11/h5H,3-4H2,1-2H3,(H2,13,15,16). The third kappa shape index (κ3) is 2.74. The molecule has 17 heavy (non-hydrogen) atoms. The van der Waals surface area contributed by atoms with Gasteiger partial charge in [-0.3, -0.25) is 0 Å². The second-order valence-corrected chi connectivity index (χ2v) is 5.67. The minimum Gasteiger partial charge on any atom is -0.383 e. The lowest BCUT2D eigenvalue weighted by atomic mass is 10.2. The smallest absolute Gasteiger partial charge is 0.190 e. The van der Waals surface area contributed by atoms with E-state index in [9.17, 15) is 0 Å². The number of aromatic nitrogens is 3. The summed E-state index contributed by atoms with van der Waals surface area (Å²) < 4.78 is 0.960. The Balaban J connectivity index is 2.48. The van der Waals surface area contributed by atoms with Crippen molar-refractivity contribution in [2.75, 3.05) is 5.73 Å². The van der Waals surface area contributed by atoms with Crippen LogP contribution in [-0.4, -0.2) is 15.0 Å². The fourth-order valence-corrected chi connectivity index (χ4v) is 2.71. The van der Waals surface area contributed by atoms with E-state index >= 15 is 0 Å². The lowest BCUT2D eigenvalue weighted by Crippen LogP contribution is -2.04. The lowest BCUT2D eigenvalue weighted by Gasteiger charge is -2.06. The first-order valence-electron chi connectivity index (χ1n) is 5.36. The Kier molecular flexibility index (Phi) is 3.93. The van der Waals surface area contributed by atoms with Crippen molar-refractivity contribution in [1.82, 2.24) is 15.0 Å². The van der Waals surface area contributed by atoms with E-state index in [1.165, 1.54) is 0 Å². The average Bonchev–Trinajstić information content (AvgIpc) is 2.71. The molecule has 0 atom stereocenters. The molecule has 6 heteroatoms. The number of hydrogen-bond acceptors (Lipinski definition) is 5. The molecule has 0 aliphatic carbocycles. The fourth-order valence-electron chi connectivity index (χ4n) is 1.47. The van der Waals surface area contributed by atoms with Crippen molar-refractivity contribution in [1.29, 1.82) is 0 Å². The fraction of sp³-hybridized carbons (Fsp3) is 0.364. The van der Waals surface area contributed by atoms with Gasteiger partial charge in [-0.15, -0.1) is 11.3 Å². The first-order valence-corrected chi connectivity index (χ1v) is 7.32. The van der Waals surface area contributed by atoms with E-state index in [2.05, 4.69) is 44.5 Å². The van der Waals surface area contributed by atoms with Crippen LogP contribution in [0.15, 0.2) is 5.38 Å². The molecule has 0 bridgehead atoms. The van der Waals surface area contributed by atoms with Crippen LogP contribution >= 0.6 is 33.9 Å². The van der Waals surface area contributed by atoms with Crippen molar-refractivity contribution in [3.8, 4) is 10.8 Å². The average molecular weight is 360 g/mol. The van der Waals surface area contributed by atoms with Gasteiger partial charge in [-0.2, -0.15) is 0 Å². The predicted molar refractivity (Wildman–Crippen MR) is 79.0 cm³/mol. The maximum absolute atomic E-state index is 5.91. The molecule has 0 saturated carbocycles. The topological polar surface area (TPSA) is 64.7 Å². The molecule has 0 aliphatic rings. The molecular weight excluding hydrogens is 347 g/mol. The molecule has 2 aromatic rings. The maximum Gasteiger partial charge on any atom is 0.190 e. The largest absolute Gasteiger partial charge is 0.383 e. The summed E-state index contributed by atoms with van der Waals surface area (Å²) in [5.74, 6) is 1.19. The Labute approximate surface area is 118 Å². The molecule has 2 aromatic heterocycles. The number of nitrogen functional groups attached to an aromatic ring is 1. The molecule has 0 spiro atoms. The van der Waals surface area contributed by atoms with Gasteiger partial charge in [-0.1, -0.05) is 13.3 Å². The van der Waals surface area contributed by atoms with Crippen LogP contribution in [-0.2, 0) is 6.42 Å². The molecule has 0 aliphatic heterocycles. The first kappa shape index (κ1) is 12.7. The van der Waals surface area contributed by atoms with Crippen LogP contribution in [0.1, 0.15) is 24.7 Å². The highest BCUT2D eigenvalue weighted by molar-refractivity contribution is 14.1. The van der Waals surface area contributed by atoms with Gasteiger partial charge >= 0.3 is 0 Å². The van der Waals surface area contributed by atoms with Crippen molar-refractivity contribution >= 4 is 39.7 Å². The van der Waals surface area contributed by atoms with Gasteiger partial charge in [-0.05, 0) is 35.9 Å². The summed E-state index contributed by atoms with van der Waals surface area (Å²) in [6.07, 6.45) is 1.96. The molecule has 2 N–H and O–H groups in total. The third-order valence-electron chi connectivity index (χ3n) is 2.24. The molecule has 0 fully saturated rings. The van der Waals surface area contributed by atoms with E-state index in [1.807, 2.05) is 12.3 Å². The number of hydrogen-bond donors (Lipinski definition) is 1. The summed E-state index contributed by atoms with van der Waals surface area (Å²) >= 11 is 3.75. The Bertz CT molecular complexity index is 538. The van der Waals surface area contributed by atoms with Crippen molar-refractivity contribution in [2.24, 2.45) is 0 Å². The molecule has 2 heterocycles. The van der Waals surface area contributed by atoms with Crippen LogP contribution in [0.2, 0.25) is 0 Å². The predicted octanol–water partition coefficient (Wildman–Crippen LogP) is 3.05. The van der Waals surface area contributed by atoms with E-state index in [0.717, 1.165) is 32.8 Å². The van der Waals surface area contributed by atoms with Gasteiger partial charge < -0.3 is 5.73 Å². The Morgan fingerprint density at radius 2 is 2.12 bits per heavy atom. The normalized spacial score (nSPS) is 10.8. The monoisotopic (exact) mass is 360 g/mol. The van der Waals surface area contributed by atoms with Crippen LogP contribution in [0.5, 0.6) is 0 Å². The molecule has 0 unspecified atom stereocenters. The Hall–Kier alpha value is -0.760. The minimum absolute atomic E-state index is 0.548. The van der Waals surface area contributed by atoms with Gasteiger partial charge in [-0.25, -0.2) is 15.0 Å². The molecule has 2 rings (SSSR count). The van der Waals surface area contributed by atoms with Crippen LogP contribution in [0.25, 0.3) is 10.8 Å². The zero-order valence-electron chi connectivity index (χ0n) is 9.70. The van der Waals surface area contributed by atoms with Crippen LogP contribution < -0.4 is 5.73 Å². The molecule has 90 valence electrons. The van der Waals surface area contributed by atoms with E-state index in [-0.39, 0.29) is 0 Å². The van der Waals surface area contributed by atoms with Crippen LogP contribution in [0, 0.1) is 10.5 Å². The van der Waals surface area contributed by atoms with Gasteiger partial charge in [0.25, 0.3) is 0 Å². The molecular formula is C11H13IN4S. The Morgan fingerprint density at radius 3 is 2.71 bits per heavy atom. The summed E-state index contributed by atoms with van der Waals surface area (Å²) in [5.41, 5.74) is 7.92. The number of thiazole rings is 1. The molecule has 0 saturated heterocycles. The summed E-state index contributed by atoms with van der Waals surface area (Å²) in [5, 5.41) is 2.83. The number of rotatable bonds is 3. The van der Waals surface area contributed by atoms with E-state index in [4.69, 9.17) is 5.73 Å². The lowest BCUT2D eigenvalue weighted by molar-refractivity contribution is 0.868. The molecule has 0 amide bonds. The van der Waals surface area contributed by atoms with E-state index < -0.39 is 0 Å². The van der Waals surface area contributed by atoms with Crippen LogP contribution in [0.4, 0.5) is 5.82 Å². The highest BCUT2D eigenvalue weighted by Crippen LogP contribution is 2.25. The van der Waals surface area contributed by atoms with Gasteiger partial charge in [0.05, 0.1) is 9.26 Å². The zero-order chi connectivity index (χ0) is 12.4. The Morgan fingerprint density at radius 1 is 1.35 bits per heavy atom. The van der Waals surface area contributed by atoms with Crippen molar-refractivity contribution in [3.63, 3.8) is 0 Å². The number of nitrogens with zero attached hydrogens (tertiary/aromatic N) is 3. The maximum atomic E-state index is 5.91. The number of aryl methyl sites for hydroxylation is 2. The number of nitrogens with two attached hydrogens (primary N) is 1. The highest BCUT2D eigenvalue weighted by Gasteiger charge is 2.12. The van der Waals surface area contributed by atoms with E-state index in [0.29, 0.717) is 11.6 Å². The first-order chi connectivity index (χ1) is 8.11. The second kappa shape index (κ2) is 5.26. The SMILES string of the molecule is CCCc1nc(-c2nc(C)cs2)nc(N)c1I. The van der Waals surface area contributed by atoms with Crippen molar-refractivity contribution in [2.45, 2.75) is 26.7 Å². The molecule has 0 aromatic carbocycles. The summed E-state index contributed by atoms with van der Waals surface area (Å²) in [6, 6.07) is 0. The summed E-state index contributed by atoms with van der Waals surface area (Å²) in [7, 11) is 0. The van der Waals surface area contributed by atoms with Crippen LogP contribution in [0.3, 0.4) is 0 Å². The van der Waals surface area contributed by atoms with Crippen molar-refractivity contribution < 1.29 is 0 Å². The van der Waals surface area contributed by atoms with E-state index in [1.54, 1.807) is 11.3 Å². The number of halogens is 1. The summed E-state index contributed by atoms with van der Waals surface area (Å²) in [4.78, 5) is 13.3. The second-order valence-electron chi connectivity index (χ2n) is 3.74. The van der Waals surface area contributed by atoms with Gasteiger partial charge in [0, 0.05) is 11.1 Å². The highest BCUT2D eigenvalue weighted by atomic mass is 127. The van der Waals surface area contributed by atoms with Crippen molar-refractivity contribution in [3.05, 3.63) is 20.3 Å². The van der Waals surface area contributed by atoms with Gasteiger partial charge in [0.15, 0.2) is 10.8 Å². The molecule has 0 radical (unpaired) electrons. The zero-order valence-corrected chi connectivity index (χ0v) is 12.7. The van der Waals surface area contributed by atoms with Gasteiger partial charge in [0.1, 0.15) is 5.82 Å². The molecule has 4 nitrogen and oxygen atoms in total. The number of anilines is 1. The quantitative estimate of drug-likeness (QED) is 0.855. The summed E-state index contributed by atoms with van der Waals surface area (Å²) in [6.45, 7) is 4.09. The van der Waals surface area contributed by atoms with Gasteiger partial charge in [0.2, 0.25) is 0 Å². The minimum atomic E-state index is 0.548. The third-order valence-corrected chi connectivity index (χ3v) is 4.37.